The molecule has 0 spiro atoms. The molecule has 0 unspecified atom stereocenters. The van der Waals surface area contributed by atoms with E-state index < -0.39 is 6.10 Å². The molecule has 1 N–H and O–H groups in total. The highest BCUT2D eigenvalue weighted by Gasteiger charge is 2.23. The summed E-state index contributed by atoms with van der Waals surface area (Å²) in [6.45, 7) is 4.99. The van der Waals surface area contributed by atoms with Gasteiger partial charge < -0.3 is 5.11 Å². The molecular weight excluding hydrogens is 286 g/mol. The van der Waals surface area contributed by atoms with E-state index in [9.17, 15) is 9.90 Å². The zero-order chi connectivity index (χ0) is 16.7. The van der Waals surface area contributed by atoms with Crippen LogP contribution in [0.15, 0.2) is 60.7 Å². The number of carbonyl (C=O) groups excluding carboxylic acids is 1. The first-order chi connectivity index (χ1) is 11.1. The van der Waals surface area contributed by atoms with E-state index in [0.717, 1.165) is 13.1 Å². The number of hydrogen-bond acceptors (Lipinski definition) is 3. The van der Waals surface area contributed by atoms with Gasteiger partial charge >= 0.3 is 0 Å². The lowest BCUT2D eigenvalue weighted by Gasteiger charge is -2.32. The van der Waals surface area contributed by atoms with E-state index in [2.05, 4.69) is 29.2 Å². The number of carbonyl (C=O) groups is 1. The molecule has 0 saturated heterocycles. The van der Waals surface area contributed by atoms with Crippen molar-refractivity contribution in [1.82, 2.24) is 4.90 Å². The van der Waals surface area contributed by atoms with Crippen molar-refractivity contribution in [2.45, 2.75) is 45.5 Å². The van der Waals surface area contributed by atoms with Crippen molar-refractivity contribution in [2.24, 2.45) is 0 Å². The Bertz CT molecular complexity index is 556. The van der Waals surface area contributed by atoms with Crippen molar-refractivity contribution in [1.29, 1.82) is 0 Å². The Labute approximate surface area is 138 Å². The summed E-state index contributed by atoms with van der Waals surface area (Å²) in [5.74, 6) is 0.0173. The zero-order valence-corrected chi connectivity index (χ0v) is 13.9. The summed E-state index contributed by atoms with van der Waals surface area (Å²) in [4.78, 5) is 13.5. The minimum Gasteiger partial charge on any atom is -0.391 e. The van der Waals surface area contributed by atoms with Crippen LogP contribution in [0.5, 0.6) is 0 Å². The quantitative estimate of drug-likeness (QED) is 0.812. The molecule has 0 aliphatic heterocycles. The standard InChI is InChI=1S/C20H25NO2/c1-16(22)13-20(23)17(2)21(14-18-9-5-3-6-10-18)15-19-11-7-4-8-12-19/h3-12,17,20,23H,13-15H2,1-2H3/t17-,20+/m0/s1. The van der Waals surface area contributed by atoms with Gasteiger partial charge in [0.05, 0.1) is 6.10 Å². The van der Waals surface area contributed by atoms with E-state index in [1.54, 1.807) is 0 Å². The van der Waals surface area contributed by atoms with E-state index >= 15 is 0 Å². The number of rotatable bonds is 8. The van der Waals surface area contributed by atoms with Gasteiger partial charge in [-0.1, -0.05) is 60.7 Å². The van der Waals surface area contributed by atoms with Crippen LogP contribution in [0.1, 0.15) is 31.4 Å². The molecular formula is C20H25NO2. The van der Waals surface area contributed by atoms with Crippen molar-refractivity contribution < 1.29 is 9.90 Å². The fourth-order valence-corrected chi connectivity index (χ4v) is 2.69. The number of benzene rings is 2. The van der Waals surface area contributed by atoms with Gasteiger partial charge in [-0.05, 0) is 25.0 Å². The number of hydrogen-bond donors (Lipinski definition) is 1. The molecule has 0 aliphatic rings. The fraction of sp³-hybridized carbons (Fsp3) is 0.350. The SMILES string of the molecule is CC(=O)C[C@@H](O)[C@H](C)N(Cc1ccccc1)Cc1ccccc1. The van der Waals surface area contributed by atoms with Gasteiger partial charge in [0.25, 0.3) is 0 Å². The average Bonchev–Trinajstić information content (AvgIpc) is 2.55. The van der Waals surface area contributed by atoms with Crippen LogP contribution in [0.25, 0.3) is 0 Å². The summed E-state index contributed by atoms with van der Waals surface area (Å²) in [7, 11) is 0. The molecule has 0 radical (unpaired) electrons. The lowest BCUT2D eigenvalue weighted by molar-refractivity contribution is -0.119. The van der Waals surface area contributed by atoms with Crippen LogP contribution in [0.2, 0.25) is 0 Å². The fourth-order valence-electron chi connectivity index (χ4n) is 2.69. The normalized spacial score (nSPS) is 13.7. The van der Waals surface area contributed by atoms with E-state index in [1.165, 1.54) is 18.1 Å². The molecule has 23 heavy (non-hydrogen) atoms. The van der Waals surface area contributed by atoms with Crippen LogP contribution in [0.4, 0.5) is 0 Å². The molecule has 3 heteroatoms. The van der Waals surface area contributed by atoms with Gasteiger partial charge in [0.15, 0.2) is 0 Å². The highest BCUT2D eigenvalue weighted by atomic mass is 16.3. The van der Waals surface area contributed by atoms with E-state index in [0.29, 0.717) is 0 Å². The van der Waals surface area contributed by atoms with Gasteiger partial charge in [0.2, 0.25) is 0 Å². The second-order valence-corrected chi connectivity index (χ2v) is 6.09. The smallest absolute Gasteiger partial charge is 0.132 e. The minimum atomic E-state index is -0.653. The van der Waals surface area contributed by atoms with Gasteiger partial charge in [-0.2, -0.15) is 0 Å². The van der Waals surface area contributed by atoms with Crippen molar-refractivity contribution in [3.63, 3.8) is 0 Å². The number of Topliss-reactive ketones (excluding diaryl/α,β-unsaturated/α-hetero) is 1. The molecule has 0 heterocycles. The predicted octanol–water partition coefficient (Wildman–Crippen LogP) is 3.42. The lowest BCUT2D eigenvalue weighted by Crippen LogP contribution is -2.41. The monoisotopic (exact) mass is 311 g/mol. The largest absolute Gasteiger partial charge is 0.391 e. The predicted molar refractivity (Wildman–Crippen MR) is 92.9 cm³/mol. The van der Waals surface area contributed by atoms with Crippen LogP contribution >= 0.6 is 0 Å². The molecule has 122 valence electrons. The van der Waals surface area contributed by atoms with Gasteiger partial charge in [-0.15, -0.1) is 0 Å². The van der Waals surface area contributed by atoms with Crippen LogP contribution in [-0.4, -0.2) is 27.9 Å². The second-order valence-electron chi connectivity index (χ2n) is 6.09. The molecule has 0 fully saturated rings. The second kappa shape index (κ2) is 8.61. The molecule has 2 aromatic rings. The van der Waals surface area contributed by atoms with Crippen molar-refractivity contribution in [3.05, 3.63) is 71.8 Å². The van der Waals surface area contributed by atoms with Gasteiger partial charge in [0.1, 0.15) is 5.78 Å². The maximum atomic E-state index is 11.3. The Morgan fingerprint density at radius 3 is 1.78 bits per heavy atom. The molecule has 3 nitrogen and oxygen atoms in total. The van der Waals surface area contributed by atoms with Gasteiger partial charge in [0, 0.05) is 25.6 Å². The number of ketones is 1. The maximum absolute atomic E-state index is 11.3. The van der Waals surface area contributed by atoms with Crippen LogP contribution in [0.3, 0.4) is 0 Å². The first-order valence-electron chi connectivity index (χ1n) is 8.05. The zero-order valence-electron chi connectivity index (χ0n) is 13.9. The first-order valence-corrected chi connectivity index (χ1v) is 8.05. The number of aliphatic hydroxyl groups excluding tert-OH is 1. The Balaban J connectivity index is 2.14. The van der Waals surface area contributed by atoms with E-state index in [4.69, 9.17) is 0 Å². The van der Waals surface area contributed by atoms with Crippen molar-refractivity contribution >= 4 is 5.78 Å². The summed E-state index contributed by atoms with van der Waals surface area (Å²) in [6, 6.07) is 20.3. The van der Waals surface area contributed by atoms with Crippen molar-refractivity contribution in [2.75, 3.05) is 0 Å². The summed E-state index contributed by atoms with van der Waals surface area (Å²) in [5.41, 5.74) is 2.40. The summed E-state index contributed by atoms with van der Waals surface area (Å²) < 4.78 is 0. The number of aliphatic hydroxyl groups is 1. The topological polar surface area (TPSA) is 40.5 Å². The Hall–Kier alpha value is -1.97. The van der Waals surface area contributed by atoms with E-state index in [-0.39, 0.29) is 18.2 Å². The molecule has 0 amide bonds. The summed E-state index contributed by atoms with van der Waals surface area (Å²) in [6.07, 6.45) is -0.457. The lowest BCUT2D eigenvalue weighted by atomic mass is 10.0. The third kappa shape index (κ3) is 5.62. The Morgan fingerprint density at radius 1 is 0.957 bits per heavy atom. The van der Waals surface area contributed by atoms with Crippen LogP contribution < -0.4 is 0 Å². The summed E-state index contributed by atoms with van der Waals surface area (Å²) in [5, 5.41) is 10.4. The maximum Gasteiger partial charge on any atom is 0.132 e. The molecule has 2 atom stereocenters. The van der Waals surface area contributed by atoms with E-state index in [1.807, 2.05) is 43.3 Å². The molecule has 2 aromatic carbocycles. The average molecular weight is 311 g/mol. The van der Waals surface area contributed by atoms with Crippen LogP contribution in [-0.2, 0) is 17.9 Å². The third-order valence-corrected chi connectivity index (χ3v) is 4.09. The van der Waals surface area contributed by atoms with Crippen LogP contribution in [0, 0.1) is 0 Å². The molecule has 0 aromatic heterocycles. The third-order valence-electron chi connectivity index (χ3n) is 4.09. The van der Waals surface area contributed by atoms with Gasteiger partial charge in [-0.25, -0.2) is 0 Å². The molecule has 0 saturated carbocycles. The summed E-state index contributed by atoms with van der Waals surface area (Å²) >= 11 is 0. The number of nitrogens with zero attached hydrogens (tertiary/aromatic N) is 1. The minimum absolute atomic E-state index is 0.0173. The van der Waals surface area contributed by atoms with Gasteiger partial charge in [-0.3, -0.25) is 9.69 Å². The molecule has 2 rings (SSSR count). The highest BCUT2D eigenvalue weighted by Crippen LogP contribution is 2.17. The molecule has 0 aliphatic carbocycles. The van der Waals surface area contributed by atoms with Crippen molar-refractivity contribution in [3.8, 4) is 0 Å². The highest BCUT2D eigenvalue weighted by molar-refractivity contribution is 5.76. The molecule has 0 bridgehead atoms. The Kier molecular flexibility index (Phi) is 6.51. The first kappa shape index (κ1) is 17.4. The Morgan fingerprint density at radius 2 is 1.39 bits per heavy atom.